The molecular formula is C16H16O7. The van der Waals surface area contributed by atoms with Gasteiger partial charge in [-0.15, -0.1) is 0 Å². The molecule has 0 saturated carbocycles. The van der Waals surface area contributed by atoms with Gasteiger partial charge in [-0.1, -0.05) is 13.0 Å². The van der Waals surface area contributed by atoms with Gasteiger partial charge >= 0.3 is 11.8 Å². The summed E-state index contributed by atoms with van der Waals surface area (Å²) in [5, 5.41) is 9.89. The number of Topliss-reactive ketones (excluding diaryl/α,β-unsaturated/α-hetero) is 1. The van der Waals surface area contributed by atoms with Crippen LogP contribution in [0.4, 0.5) is 0 Å². The van der Waals surface area contributed by atoms with Crippen LogP contribution >= 0.6 is 0 Å². The highest BCUT2D eigenvalue weighted by molar-refractivity contribution is 6.11. The maximum atomic E-state index is 12.9. The van der Waals surface area contributed by atoms with Gasteiger partial charge in [-0.2, -0.15) is 0 Å². The number of carbonyl (C=O) groups excluding carboxylic acids is 2. The molecule has 4 atom stereocenters. The summed E-state index contributed by atoms with van der Waals surface area (Å²) in [5.41, 5.74) is -1.10. The fraction of sp³-hybridized carbons (Fsp3) is 0.500. The van der Waals surface area contributed by atoms with Gasteiger partial charge in [0.15, 0.2) is 0 Å². The van der Waals surface area contributed by atoms with Crippen molar-refractivity contribution < 1.29 is 33.6 Å². The number of benzene rings is 1. The zero-order chi connectivity index (χ0) is 16.4. The fourth-order valence-corrected chi connectivity index (χ4v) is 3.63. The van der Waals surface area contributed by atoms with Crippen LogP contribution in [0.5, 0.6) is 11.5 Å². The van der Waals surface area contributed by atoms with Gasteiger partial charge in [-0.3, -0.25) is 9.59 Å². The van der Waals surface area contributed by atoms with Crippen LogP contribution in [0.25, 0.3) is 0 Å². The minimum Gasteiger partial charge on any atom is -0.496 e. The summed E-state index contributed by atoms with van der Waals surface area (Å²) in [6.07, 6.45) is -0.514. The number of aliphatic hydroxyl groups is 1. The molecule has 2 saturated heterocycles. The Balaban J connectivity index is 1.75. The first kappa shape index (κ1) is 14.5. The van der Waals surface area contributed by atoms with E-state index in [9.17, 15) is 14.7 Å². The lowest BCUT2D eigenvalue weighted by Gasteiger charge is -2.21. The minimum atomic E-state index is -1.65. The summed E-state index contributed by atoms with van der Waals surface area (Å²) in [4.78, 5) is 24.5. The number of fused-ring (bicyclic) bond motifs is 1. The molecule has 2 fully saturated rings. The van der Waals surface area contributed by atoms with Crippen LogP contribution in [0.15, 0.2) is 18.2 Å². The molecule has 0 unspecified atom stereocenters. The normalized spacial score (nSPS) is 37.5. The lowest BCUT2D eigenvalue weighted by molar-refractivity contribution is -0.145. The van der Waals surface area contributed by atoms with Crippen molar-refractivity contribution in [3.05, 3.63) is 23.8 Å². The van der Waals surface area contributed by atoms with Crippen molar-refractivity contribution in [3.8, 4) is 11.5 Å². The molecule has 1 N–H and O–H groups in total. The molecule has 4 rings (SSSR count). The summed E-state index contributed by atoms with van der Waals surface area (Å²) < 4.78 is 21.9. The number of ketones is 1. The first-order chi connectivity index (χ1) is 11.0. The molecule has 0 bridgehead atoms. The maximum absolute atomic E-state index is 12.9. The second-order valence-electron chi connectivity index (χ2n) is 6.12. The molecule has 23 heavy (non-hydrogen) atoms. The lowest BCUT2D eigenvalue weighted by Crippen LogP contribution is -2.47. The van der Waals surface area contributed by atoms with E-state index in [1.54, 1.807) is 18.2 Å². The number of hydrogen-bond donors (Lipinski definition) is 1. The molecule has 1 spiro atoms. The van der Waals surface area contributed by atoms with E-state index in [0.717, 1.165) is 0 Å². The Kier molecular flexibility index (Phi) is 2.80. The number of methoxy groups -OCH3 is 1. The zero-order valence-corrected chi connectivity index (χ0v) is 12.7. The largest absolute Gasteiger partial charge is 0.496 e. The average Bonchev–Trinajstić information content (AvgIpc) is 2.93. The van der Waals surface area contributed by atoms with Crippen molar-refractivity contribution in [1.29, 1.82) is 0 Å². The molecule has 0 aliphatic carbocycles. The number of carbonyl (C=O) groups is 2. The third kappa shape index (κ3) is 1.61. The van der Waals surface area contributed by atoms with E-state index in [4.69, 9.17) is 18.9 Å². The van der Waals surface area contributed by atoms with Crippen molar-refractivity contribution in [2.24, 2.45) is 5.92 Å². The van der Waals surface area contributed by atoms with Crippen LogP contribution in [0.2, 0.25) is 0 Å². The highest BCUT2D eigenvalue weighted by Gasteiger charge is 2.85. The first-order valence-corrected chi connectivity index (χ1v) is 7.40. The Morgan fingerprint density at radius 2 is 2.17 bits per heavy atom. The van der Waals surface area contributed by atoms with Gasteiger partial charge in [-0.05, 0) is 12.1 Å². The van der Waals surface area contributed by atoms with Crippen molar-refractivity contribution in [2.75, 3.05) is 13.7 Å². The third-order valence-electron chi connectivity index (χ3n) is 4.79. The quantitative estimate of drug-likeness (QED) is 0.646. The maximum Gasteiger partial charge on any atom is 0.312 e. The van der Waals surface area contributed by atoms with Crippen LogP contribution in [0.1, 0.15) is 23.7 Å². The van der Waals surface area contributed by atoms with Gasteiger partial charge < -0.3 is 24.1 Å². The number of esters is 1. The van der Waals surface area contributed by atoms with Gasteiger partial charge in [0.2, 0.25) is 11.4 Å². The smallest absolute Gasteiger partial charge is 0.312 e. The third-order valence-corrected chi connectivity index (χ3v) is 4.79. The Morgan fingerprint density at radius 3 is 2.78 bits per heavy atom. The molecule has 7 nitrogen and oxygen atoms in total. The Labute approximate surface area is 132 Å². The van der Waals surface area contributed by atoms with Crippen molar-refractivity contribution in [1.82, 2.24) is 0 Å². The first-order valence-electron chi connectivity index (χ1n) is 7.40. The van der Waals surface area contributed by atoms with Crippen LogP contribution in [0, 0.1) is 5.92 Å². The monoisotopic (exact) mass is 320 g/mol. The summed E-state index contributed by atoms with van der Waals surface area (Å²) >= 11 is 0. The van der Waals surface area contributed by atoms with Gasteiger partial charge in [0, 0.05) is 5.92 Å². The van der Waals surface area contributed by atoms with E-state index in [1.807, 2.05) is 6.92 Å². The second kappa shape index (κ2) is 4.46. The molecule has 1 aromatic rings. The molecule has 0 amide bonds. The summed E-state index contributed by atoms with van der Waals surface area (Å²) in [5.74, 6) is -1.92. The molecule has 0 aromatic heterocycles. The zero-order valence-electron chi connectivity index (χ0n) is 12.7. The standard InChI is InChI=1S/C16H16O7/c1-8-6-11(18)21-14(8)15(7-17)16(23-15)13(19)12-9(20-2)4-3-5-10(12)22-16/h3-5,8,14,17H,6-7H2,1-2H3/t8-,14-,15+,16-/m1/s1. The van der Waals surface area contributed by atoms with Gasteiger partial charge in [0.25, 0.3) is 0 Å². The minimum absolute atomic E-state index is 0.184. The second-order valence-corrected chi connectivity index (χ2v) is 6.12. The Morgan fingerprint density at radius 1 is 1.39 bits per heavy atom. The molecule has 122 valence electrons. The predicted octanol–water partition coefficient (Wildman–Crippen LogP) is 0.679. The van der Waals surface area contributed by atoms with Gasteiger partial charge in [-0.25, -0.2) is 0 Å². The molecule has 3 heterocycles. The SMILES string of the molecule is COc1cccc2c1C(=O)[C@@]1(O2)O[C@@]1(CO)[C@@H]1OC(=O)C[C@H]1C. The molecule has 0 radical (unpaired) electrons. The fourth-order valence-electron chi connectivity index (χ4n) is 3.63. The molecule has 1 aromatic carbocycles. The molecular weight excluding hydrogens is 304 g/mol. The number of ether oxygens (including phenoxy) is 4. The van der Waals surface area contributed by atoms with E-state index >= 15 is 0 Å². The number of aliphatic hydroxyl groups excluding tert-OH is 1. The van der Waals surface area contributed by atoms with Crippen LogP contribution in [0.3, 0.4) is 0 Å². The van der Waals surface area contributed by atoms with Crippen molar-refractivity contribution >= 4 is 11.8 Å². The molecule has 3 aliphatic rings. The van der Waals surface area contributed by atoms with E-state index in [2.05, 4.69) is 0 Å². The van der Waals surface area contributed by atoms with E-state index < -0.39 is 29.9 Å². The Bertz CT molecular complexity index is 714. The number of cyclic esters (lactones) is 1. The predicted molar refractivity (Wildman–Crippen MR) is 75.2 cm³/mol. The van der Waals surface area contributed by atoms with Crippen LogP contribution in [-0.4, -0.2) is 48.1 Å². The van der Waals surface area contributed by atoms with Crippen LogP contribution < -0.4 is 9.47 Å². The highest BCUT2D eigenvalue weighted by Crippen LogP contribution is 2.61. The highest BCUT2D eigenvalue weighted by atomic mass is 16.8. The topological polar surface area (TPSA) is 94.6 Å². The average molecular weight is 320 g/mol. The van der Waals surface area contributed by atoms with E-state index in [-0.39, 0.29) is 23.9 Å². The number of epoxide rings is 1. The number of rotatable bonds is 3. The van der Waals surface area contributed by atoms with Gasteiger partial charge in [0.05, 0.1) is 20.1 Å². The molecule has 3 aliphatic heterocycles. The Hall–Kier alpha value is -2.12. The number of hydrogen-bond acceptors (Lipinski definition) is 7. The summed E-state index contributed by atoms with van der Waals surface area (Å²) in [6.45, 7) is 1.33. The summed E-state index contributed by atoms with van der Waals surface area (Å²) in [6, 6.07) is 4.99. The van der Waals surface area contributed by atoms with E-state index in [0.29, 0.717) is 11.5 Å². The lowest BCUT2D eigenvalue weighted by atomic mass is 9.86. The van der Waals surface area contributed by atoms with Crippen LogP contribution in [-0.2, 0) is 14.3 Å². The van der Waals surface area contributed by atoms with Crippen molar-refractivity contribution in [3.63, 3.8) is 0 Å². The van der Waals surface area contributed by atoms with Gasteiger partial charge in [0.1, 0.15) is 23.2 Å². The van der Waals surface area contributed by atoms with E-state index in [1.165, 1.54) is 7.11 Å². The molecule has 7 heteroatoms. The summed E-state index contributed by atoms with van der Waals surface area (Å²) in [7, 11) is 1.46. The van der Waals surface area contributed by atoms with Crippen molar-refractivity contribution in [2.45, 2.75) is 30.8 Å².